The summed E-state index contributed by atoms with van der Waals surface area (Å²) in [6.07, 6.45) is 6.24. The van der Waals surface area contributed by atoms with E-state index in [1.165, 1.54) is 4.90 Å². The molecule has 14 nitrogen and oxygen atoms in total. The quantitative estimate of drug-likeness (QED) is 0.293. The molecule has 7 atom stereocenters. The van der Waals surface area contributed by atoms with Gasteiger partial charge in [-0.25, -0.2) is 18.2 Å². The maximum atomic E-state index is 14.4. The summed E-state index contributed by atoms with van der Waals surface area (Å²) in [6.45, 7) is 7.61. The number of amides is 4. The van der Waals surface area contributed by atoms with Gasteiger partial charge >= 0.3 is 6.09 Å². The second kappa shape index (κ2) is 14.3. The lowest BCUT2D eigenvalue weighted by Crippen LogP contribution is -2.59. The molecule has 3 heterocycles. The molecule has 1 saturated heterocycles. The molecule has 0 bridgehead atoms. The molecule has 2 aromatic rings. The van der Waals surface area contributed by atoms with Crippen molar-refractivity contribution in [2.45, 2.75) is 108 Å². The zero-order valence-corrected chi connectivity index (χ0v) is 30.1. The van der Waals surface area contributed by atoms with Crippen LogP contribution in [-0.4, -0.2) is 88.8 Å². The van der Waals surface area contributed by atoms with E-state index in [0.29, 0.717) is 36.8 Å². The largest absolute Gasteiger partial charge is 0.489 e. The average molecular weight is 726 g/mol. The van der Waals surface area contributed by atoms with Gasteiger partial charge in [0.1, 0.15) is 29.5 Å². The third-order valence-corrected chi connectivity index (χ3v) is 12.1. The number of hydrogen-bond donors (Lipinski definition) is 4. The van der Waals surface area contributed by atoms with E-state index >= 15 is 0 Å². The lowest BCUT2D eigenvalue weighted by atomic mass is 9.88. The molecule has 0 radical (unpaired) electrons. The van der Waals surface area contributed by atoms with Crippen LogP contribution >= 0.6 is 0 Å². The summed E-state index contributed by atoms with van der Waals surface area (Å²) in [7, 11) is -3.90. The first-order chi connectivity index (χ1) is 24.2. The van der Waals surface area contributed by atoms with Crippen molar-refractivity contribution >= 4 is 44.6 Å². The van der Waals surface area contributed by atoms with E-state index in [9.17, 15) is 32.7 Å². The van der Waals surface area contributed by atoms with Crippen LogP contribution in [0.2, 0.25) is 0 Å². The molecule has 1 aromatic carbocycles. The lowest BCUT2D eigenvalue weighted by molar-refractivity contribution is -0.142. The minimum atomic E-state index is -3.90. The van der Waals surface area contributed by atoms with Crippen molar-refractivity contribution in [3.63, 3.8) is 0 Å². The van der Waals surface area contributed by atoms with Gasteiger partial charge in [0, 0.05) is 23.1 Å². The number of benzene rings is 1. The summed E-state index contributed by atoms with van der Waals surface area (Å²) in [4.78, 5) is 60.1. The molecule has 2 aliphatic heterocycles. The molecule has 2 saturated carbocycles. The molecule has 4 amide bonds. The minimum Gasteiger partial charge on any atom is -0.489 e. The van der Waals surface area contributed by atoms with Gasteiger partial charge < -0.3 is 30.1 Å². The van der Waals surface area contributed by atoms with Gasteiger partial charge in [-0.3, -0.25) is 19.1 Å². The Morgan fingerprint density at radius 3 is 2.51 bits per heavy atom. The van der Waals surface area contributed by atoms with Crippen molar-refractivity contribution in [2.24, 2.45) is 17.8 Å². The first-order valence-electron chi connectivity index (χ1n) is 17.7. The Kier molecular flexibility index (Phi) is 10.2. The Balaban J connectivity index is 1.33. The maximum absolute atomic E-state index is 14.4. The van der Waals surface area contributed by atoms with Crippen LogP contribution in [0, 0.1) is 17.8 Å². The molecule has 0 spiro atoms. The van der Waals surface area contributed by atoms with E-state index in [0.717, 1.165) is 11.8 Å². The van der Waals surface area contributed by atoms with Gasteiger partial charge in [0.2, 0.25) is 27.7 Å². The standard InChI is InChI=1S/C36H47N5O9S/c1-20(2)49-29-18-37-32(27-12-8-7-11-26(27)29)50-24-16-28-31(42)39-36(34(44)40-51(47,48)25-13-14-25)17-23(36)10-6-5-9-21(3)15-22(4)30(38-35(45)46)33(43)41(28)19-24/h6-8,10-12,18,20-25,28,30,38H,5,9,13-17,19H2,1-4H3,(H,39,42)(H,40,44)(H,45,46)/b10-6-/t21-,22+,23+,24+,28-,30-,36+/m0/s1. The first kappa shape index (κ1) is 36.4. The minimum absolute atomic E-state index is 0.0149. The van der Waals surface area contributed by atoms with E-state index in [-0.39, 0.29) is 37.3 Å². The third-order valence-electron chi connectivity index (χ3n) is 10.3. The summed E-state index contributed by atoms with van der Waals surface area (Å²) in [5, 5.41) is 15.8. The van der Waals surface area contributed by atoms with E-state index in [2.05, 4.69) is 20.3 Å². The van der Waals surface area contributed by atoms with Gasteiger partial charge in [-0.1, -0.05) is 44.2 Å². The van der Waals surface area contributed by atoms with Crippen molar-refractivity contribution in [3.8, 4) is 11.6 Å². The molecule has 15 heteroatoms. The number of carbonyl (C=O) groups excluding carboxylic acids is 3. The van der Waals surface area contributed by atoms with Crippen molar-refractivity contribution in [1.82, 2.24) is 25.2 Å². The van der Waals surface area contributed by atoms with Crippen LogP contribution in [0.3, 0.4) is 0 Å². The number of hydrogen-bond acceptors (Lipinski definition) is 9. The summed E-state index contributed by atoms with van der Waals surface area (Å²) < 4.78 is 40.1. The highest BCUT2D eigenvalue weighted by Crippen LogP contribution is 2.46. The topological polar surface area (TPSA) is 193 Å². The fraction of sp³-hybridized carbons (Fsp3) is 0.583. The van der Waals surface area contributed by atoms with Gasteiger partial charge in [0.15, 0.2) is 0 Å². The summed E-state index contributed by atoms with van der Waals surface area (Å²) >= 11 is 0. The number of fused-ring (bicyclic) bond motifs is 3. The lowest BCUT2D eigenvalue weighted by Gasteiger charge is -2.32. The molecule has 6 rings (SSSR count). The van der Waals surface area contributed by atoms with Crippen LogP contribution in [0.1, 0.15) is 72.6 Å². The molecular formula is C36H47N5O9S. The summed E-state index contributed by atoms with van der Waals surface area (Å²) in [5.41, 5.74) is -1.52. The molecule has 0 unspecified atom stereocenters. The van der Waals surface area contributed by atoms with E-state index in [1.807, 2.05) is 64.1 Å². The van der Waals surface area contributed by atoms with Crippen LogP contribution in [0.4, 0.5) is 4.79 Å². The van der Waals surface area contributed by atoms with Gasteiger partial charge in [-0.2, -0.15) is 0 Å². The smallest absolute Gasteiger partial charge is 0.405 e. The Hall–Kier alpha value is -4.40. The number of sulfonamides is 1. The fourth-order valence-electron chi connectivity index (χ4n) is 7.37. The van der Waals surface area contributed by atoms with Crippen molar-refractivity contribution < 1.29 is 42.2 Å². The highest BCUT2D eigenvalue weighted by atomic mass is 32.2. The van der Waals surface area contributed by atoms with Crippen LogP contribution in [0.5, 0.6) is 11.6 Å². The van der Waals surface area contributed by atoms with Crippen molar-refractivity contribution in [2.75, 3.05) is 6.54 Å². The molecule has 2 aliphatic carbocycles. The summed E-state index contributed by atoms with van der Waals surface area (Å²) in [5.74, 6) is -1.92. The fourth-order valence-corrected chi connectivity index (χ4v) is 8.74. The highest BCUT2D eigenvalue weighted by molar-refractivity contribution is 7.91. The number of rotatable bonds is 8. The summed E-state index contributed by atoms with van der Waals surface area (Å²) in [6, 6.07) is 5.13. The molecule has 4 N–H and O–H groups in total. The number of carboxylic acid groups (broad SMARTS) is 1. The van der Waals surface area contributed by atoms with E-state index in [1.54, 1.807) is 6.20 Å². The van der Waals surface area contributed by atoms with Gasteiger partial charge in [-0.05, 0) is 70.3 Å². The number of nitrogens with zero attached hydrogens (tertiary/aromatic N) is 2. The van der Waals surface area contributed by atoms with Gasteiger partial charge in [-0.15, -0.1) is 0 Å². The highest BCUT2D eigenvalue weighted by Gasteiger charge is 2.62. The van der Waals surface area contributed by atoms with Crippen molar-refractivity contribution in [3.05, 3.63) is 42.6 Å². The second-order valence-electron chi connectivity index (χ2n) is 14.8. The Morgan fingerprint density at radius 2 is 1.82 bits per heavy atom. The Morgan fingerprint density at radius 1 is 1.10 bits per heavy atom. The zero-order valence-electron chi connectivity index (χ0n) is 29.3. The van der Waals surface area contributed by atoms with E-state index in [4.69, 9.17) is 9.47 Å². The zero-order chi connectivity index (χ0) is 36.7. The average Bonchev–Trinajstić information content (AvgIpc) is 3.99. The SMILES string of the molecule is CC(C)Oc1cnc(O[C@@H]2C[C@H]3C(=O)N[C@]4(C(=O)NS(=O)(=O)C5CC5)C[C@H]4/C=C\CC[C@H](C)C[C@@H](C)[C@H](NC(=O)O)C(=O)N3C2)c2ccccc12. The third kappa shape index (κ3) is 7.92. The predicted octanol–water partition coefficient (Wildman–Crippen LogP) is 3.50. The van der Waals surface area contributed by atoms with Gasteiger partial charge in [0.25, 0.3) is 5.91 Å². The van der Waals surface area contributed by atoms with Crippen LogP contribution in [0.15, 0.2) is 42.6 Å². The van der Waals surface area contributed by atoms with Gasteiger partial charge in [0.05, 0.1) is 24.1 Å². The number of nitrogens with one attached hydrogen (secondary N) is 3. The Labute approximate surface area is 297 Å². The number of ether oxygens (including phenoxy) is 2. The molecule has 3 fully saturated rings. The van der Waals surface area contributed by atoms with Crippen LogP contribution in [0.25, 0.3) is 10.8 Å². The first-order valence-corrected chi connectivity index (χ1v) is 19.3. The molecule has 276 valence electrons. The van der Waals surface area contributed by atoms with Crippen LogP contribution < -0.4 is 24.8 Å². The van der Waals surface area contributed by atoms with Crippen molar-refractivity contribution in [1.29, 1.82) is 0 Å². The van der Waals surface area contributed by atoms with Crippen LogP contribution in [-0.2, 0) is 24.4 Å². The molecular weight excluding hydrogens is 678 g/mol. The number of carbonyl (C=O) groups is 4. The number of pyridine rings is 1. The molecule has 1 aromatic heterocycles. The predicted molar refractivity (Wildman–Crippen MR) is 187 cm³/mol. The number of aromatic nitrogens is 1. The Bertz CT molecular complexity index is 1830. The molecule has 4 aliphatic rings. The van der Waals surface area contributed by atoms with E-state index < -0.39 is 74.7 Å². The molecule has 51 heavy (non-hydrogen) atoms. The maximum Gasteiger partial charge on any atom is 0.405 e. The second-order valence-corrected chi connectivity index (χ2v) is 16.8. The number of allylic oxidation sites excluding steroid dienone is 1. The normalized spacial score (nSPS) is 30.6. The monoisotopic (exact) mass is 725 g/mol.